The fourth-order valence-electron chi connectivity index (χ4n) is 3.24. The molecule has 0 saturated heterocycles. The quantitative estimate of drug-likeness (QED) is 0.492. The highest BCUT2D eigenvalue weighted by atomic mass is 35.5. The van der Waals surface area contributed by atoms with Gasteiger partial charge in [-0.15, -0.1) is 11.3 Å². The smallest absolute Gasteiger partial charge is 0.324 e. The van der Waals surface area contributed by atoms with Crippen LogP contribution in [0.5, 0.6) is 0 Å². The number of anilines is 1. The maximum atomic E-state index is 13.8. The highest BCUT2D eigenvalue weighted by molar-refractivity contribution is 7.17. The molecule has 0 fully saturated rings. The zero-order chi connectivity index (χ0) is 22.1. The van der Waals surface area contributed by atoms with E-state index in [1.54, 1.807) is 54.8 Å². The maximum absolute atomic E-state index is 13.8. The van der Waals surface area contributed by atoms with Gasteiger partial charge in [0, 0.05) is 10.7 Å². The highest BCUT2D eigenvalue weighted by Crippen LogP contribution is 2.18. The summed E-state index contributed by atoms with van der Waals surface area (Å²) in [5.74, 6) is -0.954. The van der Waals surface area contributed by atoms with Gasteiger partial charge in [0.2, 0.25) is 5.91 Å². The molecule has 158 valence electrons. The Kier molecular flexibility index (Phi) is 5.75. The number of aromatic nitrogens is 2. The highest BCUT2D eigenvalue weighted by Gasteiger charge is 2.17. The molecular formula is C22H17ClFN3O3S. The molecule has 0 aliphatic heterocycles. The third-order valence-electron chi connectivity index (χ3n) is 4.88. The van der Waals surface area contributed by atoms with Crippen LogP contribution in [0.15, 0.2) is 63.5 Å². The van der Waals surface area contributed by atoms with Crippen molar-refractivity contribution < 1.29 is 9.18 Å². The number of nitrogens with zero attached hydrogens (tertiary/aromatic N) is 2. The monoisotopic (exact) mass is 457 g/mol. The summed E-state index contributed by atoms with van der Waals surface area (Å²) < 4.78 is 16.4. The zero-order valence-corrected chi connectivity index (χ0v) is 18.0. The third-order valence-corrected chi connectivity index (χ3v) is 6.14. The standard InChI is InChI=1S/C22H17ClFN3O3S/c1-13-6-7-15(10-17(13)24)25-19(28)12-26-18-8-9-31-20(18)21(29)27(22(26)30)11-14-4-2-3-5-16(14)23/h2-10H,11-12H2,1H3,(H,25,28). The van der Waals surface area contributed by atoms with Crippen LogP contribution in [0.25, 0.3) is 10.2 Å². The van der Waals surface area contributed by atoms with Crippen molar-refractivity contribution in [2.75, 3.05) is 5.32 Å². The van der Waals surface area contributed by atoms with Gasteiger partial charge in [-0.3, -0.25) is 18.7 Å². The van der Waals surface area contributed by atoms with E-state index in [1.807, 2.05) is 0 Å². The molecule has 0 unspecified atom stereocenters. The van der Waals surface area contributed by atoms with E-state index < -0.39 is 23.0 Å². The normalized spacial score (nSPS) is 11.1. The van der Waals surface area contributed by atoms with Crippen LogP contribution in [0.1, 0.15) is 11.1 Å². The van der Waals surface area contributed by atoms with Gasteiger partial charge < -0.3 is 5.32 Å². The molecular weight excluding hydrogens is 441 g/mol. The Labute approximate surface area is 185 Å². The molecule has 0 atom stereocenters. The molecule has 4 rings (SSSR count). The second-order valence-corrected chi connectivity index (χ2v) is 8.32. The van der Waals surface area contributed by atoms with Crippen molar-refractivity contribution in [2.45, 2.75) is 20.0 Å². The van der Waals surface area contributed by atoms with Gasteiger partial charge in [-0.2, -0.15) is 0 Å². The maximum Gasteiger partial charge on any atom is 0.332 e. The summed E-state index contributed by atoms with van der Waals surface area (Å²) in [6.07, 6.45) is 0. The number of rotatable bonds is 5. The number of carbonyl (C=O) groups excluding carboxylic acids is 1. The summed E-state index contributed by atoms with van der Waals surface area (Å²) >= 11 is 7.39. The van der Waals surface area contributed by atoms with E-state index in [1.165, 1.54) is 22.0 Å². The molecule has 1 amide bonds. The van der Waals surface area contributed by atoms with Crippen molar-refractivity contribution in [3.8, 4) is 0 Å². The van der Waals surface area contributed by atoms with Gasteiger partial charge in [0.15, 0.2) is 0 Å². The summed E-state index contributed by atoms with van der Waals surface area (Å²) in [6, 6.07) is 12.9. The van der Waals surface area contributed by atoms with Crippen molar-refractivity contribution >= 4 is 44.7 Å². The molecule has 2 aromatic heterocycles. The van der Waals surface area contributed by atoms with Crippen LogP contribution in [0.3, 0.4) is 0 Å². The molecule has 0 spiro atoms. The number of amides is 1. The van der Waals surface area contributed by atoms with Crippen LogP contribution < -0.4 is 16.6 Å². The van der Waals surface area contributed by atoms with Crippen molar-refractivity contribution in [3.63, 3.8) is 0 Å². The van der Waals surface area contributed by atoms with Gasteiger partial charge in [-0.1, -0.05) is 35.9 Å². The molecule has 31 heavy (non-hydrogen) atoms. The van der Waals surface area contributed by atoms with Gasteiger partial charge in [0.25, 0.3) is 5.56 Å². The van der Waals surface area contributed by atoms with Crippen molar-refractivity contribution in [2.24, 2.45) is 0 Å². The molecule has 2 heterocycles. The second kappa shape index (κ2) is 8.49. The lowest BCUT2D eigenvalue weighted by Gasteiger charge is -2.13. The lowest BCUT2D eigenvalue weighted by atomic mass is 10.2. The zero-order valence-electron chi connectivity index (χ0n) is 16.4. The average Bonchev–Trinajstić information content (AvgIpc) is 3.22. The number of benzene rings is 2. The van der Waals surface area contributed by atoms with Crippen LogP contribution in [0, 0.1) is 12.7 Å². The third kappa shape index (κ3) is 4.17. The molecule has 0 aliphatic carbocycles. The predicted molar refractivity (Wildman–Crippen MR) is 121 cm³/mol. The lowest BCUT2D eigenvalue weighted by Crippen LogP contribution is -2.41. The van der Waals surface area contributed by atoms with Crippen molar-refractivity contribution in [3.05, 3.63) is 96.7 Å². The van der Waals surface area contributed by atoms with Crippen LogP contribution in [-0.2, 0) is 17.9 Å². The minimum absolute atomic E-state index is 0.0179. The first-order chi connectivity index (χ1) is 14.8. The first-order valence-corrected chi connectivity index (χ1v) is 10.6. The summed E-state index contributed by atoms with van der Waals surface area (Å²) in [7, 11) is 0. The first kappa shape index (κ1) is 21.0. The Morgan fingerprint density at radius 1 is 1.13 bits per heavy atom. The van der Waals surface area contributed by atoms with E-state index in [-0.39, 0.29) is 18.8 Å². The Bertz CT molecular complexity index is 1420. The van der Waals surface area contributed by atoms with E-state index in [9.17, 15) is 18.8 Å². The van der Waals surface area contributed by atoms with Crippen LogP contribution in [-0.4, -0.2) is 15.0 Å². The Morgan fingerprint density at radius 3 is 2.65 bits per heavy atom. The lowest BCUT2D eigenvalue weighted by molar-refractivity contribution is -0.116. The fraction of sp³-hybridized carbons (Fsp3) is 0.136. The number of halogens is 2. The predicted octanol–water partition coefficient (Wildman–Crippen LogP) is 4.01. The molecule has 4 aromatic rings. The number of nitrogens with one attached hydrogen (secondary N) is 1. The van der Waals surface area contributed by atoms with Crippen LogP contribution in [0.4, 0.5) is 10.1 Å². The number of carbonyl (C=O) groups is 1. The van der Waals surface area contributed by atoms with E-state index in [0.717, 1.165) is 4.57 Å². The van der Waals surface area contributed by atoms with Gasteiger partial charge >= 0.3 is 5.69 Å². The van der Waals surface area contributed by atoms with E-state index in [2.05, 4.69) is 5.32 Å². The largest absolute Gasteiger partial charge is 0.332 e. The SMILES string of the molecule is Cc1ccc(NC(=O)Cn2c(=O)n(Cc3ccccc3Cl)c(=O)c3sccc32)cc1F. The molecule has 0 aliphatic rings. The van der Waals surface area contributed by atoms with E-state index >= 15 is 0 Å². The van der Waals surface area contributed by atoms with Gasteiger partial charge in [-0.25, -0.2) is 9.18 Å². The van der Waals surface area contributed by atoms with E-state index in [0.29, 0.717) is 26.4 Å². The van der Waals surface area contributed by atoms with Gasteiger partial charge in [-0.05, 0) is 47.7 Å². The van der Waals surface area contributed by atoms with Crippen LogP contribution >= 0.6 is 22.9 Å². The number of fused-ring (bicyclic) bond motifs is 1. The second-order valence-electron chi connectivity index (χ2n) is 7.00. The number of hydrogen-bond acceptors (Lipinski definition) is 4. The minimum atomic E-state index is -0.624. The van der Waals surface area contributed by atoms with Gasteiger partial charge in [0.1, 0.15) is 17.1 Å². The first-order valence-electron chi connectivity index (χ1n) is 9.35. The molecule has 1 N–H and O–H groups in total. The molecule has 2 aromatic carbocycles. The summed E-state index contributed by atoms with van der Waals surface area (Å²) in [5, 5.41) is 4.72. The Hall–Kier alpha value is -3.23. The molecule has 0 radical (unpaired) electrons. The van der Waals surface area contributed by atoms with Crippen LogP contribution in [0.2, 0.25) is 5.02 Å². The number of aryl methyl sites for hydroxylation is 1. The number of thiophene rings is 1. The molecule has 0 bridgehead atoms. The average molecular weight is 458 g/mol. The minimum Gasteiger partial charge on any atom is -0.324 e. The van der Waals surface area contributed by atoms with Gasteiger partial charge in [0.05, 0.1) is 12.1 Å². The molecule has 0 saturated carbocycles. The Morgan fingerprint density at radius 2 is 1.90 bits per heavy atom. The number of hydrogen-bond donors (Lipinski definition) is 1. The van der Waals surface area contributed by atoms with E-state index in [4.69, 9.17) is 11.6 Å². The summed E-state index contributed by atoms with van der Waals surface area (Å²) in [6.45, 7) is 1.27. The molecule has 9 heteroatoms. The fourth-order valence-corrected chi connectivity index (χ4v) is 4.28. The van der Waals surface area contributed by atoms with Crippen molar-refractivity contribution in [1.29, 1.82) is 0 Å². The Balaban J connectivity index is 1.72. The summed E-state index contributed by atoms with van der Waals surface area (Å²) in [4.78, 5) is 38.7. The topological polar surface area (TPSA) is 73.1 Å². The summed E-state index contributed by atoms with van der Waals surface area (Å²) in [5.41, 5.74) is 0.673. The molecule has 6 nitrogen and oxygen atoms in total. The van der Waals surface area contributed by atoms with Crippen molar-refractivity contribution in [1.82, 2.24) is 9.13 Å².